The molecule has 1 aromatic heterocycles. The third-order valence-corrected chi connectivity index (χ3v) is 6.55. The molecule has 0 aliphatic carbocycles. The average Bonchev–Trinajstić information content (AvgIpc) is 3.29. The normalized spacial score (nSPS) is 20.9. The lowest BCUT2D eigenvalue weighted by Gasteiger charge is -2.48. The average molecular weight is 398 g/mol. The Labute approximate surface area is 168 Å². The molecule has 3 amide bonds. The van der Waals surface area contributed by atoms with Crippen LogP contribution < -0.4 is 4.90 Å². The van der Waals surface area contributed by atoms with Gasteiger partial charge in [-0.1, -0.05) is 18.2 Å². The minimum absolute atomic E-state index is 0.0143. The number of hydrogen-bond acceptors (Lipinski definition) is 4. The second-order valence-corrected chi connectivity index (χ2v) is 8.53. The standard InChI is InChI=1S/C21H23N3O3S/c1-21-11-9-19(26)24(21)17-8-4-3-7-16(17)20(27)23(21)12-10-18(25)22(2)14-15-6-5-13-28-15/h3-8,13H,9-12,14H2,1-2H3. The van der Waals surface area contributed by atoms with E-state index in [-0.39, 0.29) is 24.1 Å². The lowest BCUT2D eigenvalue weighted by Crippen LogP contribution is -2.62. The zero-order chi connectivity index (χ0) is 19.9. The van der Waals surface area contributed by atoms with Crippen LogP contribution in [0.25, 0.3) is 0 Å². The van der Waals surface area contributed by atoms with Crippen LogP contribution in [0.4, 0.5) is 5.69 Å². The Morgan fingerprint density at radius 2 is 2.00 bits per heavy atom. The first-order valence-electron chi connectivity index (χ1n) is 9.42. The van der Waals surface area contributed by atoms with Gasteiger partial charge in [0.2, 0.25) is 11.8 Å². The topological polar surface area (TPSA) is 60.9 Å². The van der Waals surface area contributed by atoms with E-state index in [0.717, 1.165) is 4.88 Å². The van der Waals surface area contributed by atoms with E-state index in [2.05, 4.69) is 0 Å². The lowest BCUT2D eigenvalue weighted by molar-refractivity contribution is -0.130. The van der Waals surface area contributed by atoms with Crippen molar-refractivity contribution in [3.8, 4) is 0 Å². The Kier molecular flexibility index (Phi) is 4.71. The van der Waals surface area contributed by atoms with Crippen LogP contribution >= 0.6 is 11.3 Å². The third kappa shape index (κ3) is 2.99. The molecule has 146 valence electrons. The maximum atomic E-state index is 13.2. The van der Waals surface area contributed by atoms with Crippen molar-refractivity contribution in [1.29, 1.82) is 0 Å². The molecule has 2 aromatic rings. The van der Waals surface area contributed by atoms with Gasteiger partial charge in [0.1, 0.15) is 5.66 Å². The number of hydrogen-bond donors (Lipinski definition) is 0. The third-order valence-electron chi connectivity index (χ3n) is 5.69. The number of anilines is 1. The van der Waals surface area contributed by atoms with Crippen molar-refractivity contribution in [2.45, 2.75) is 38.4 Å². The summed E-state index contributed by atoms with van der Waals surface area (Å²) in [5.41, 5.74) is 0.485. The summed E-state index contributed by atoms with van der Waals surface area (Å²) < 4.78 is 0. The molecule has 1 fully saturated rings. The lowest BCUT2D eigenvalue weighted by atomic mass is 9.98. The molecule has 0 spiro atoms. The summed E-state index contributed by atoms with van der Waals surface area (Å²) in [6.07, 6.45) is 1.21. The molecule has 1 unspecified atom stereocenters. The summed E-state index contributed by atoms with van der Waals surface area (Å²) in [6, 6.07) is 11.2. The van der Waals surface area contributed by atoms with E-state index in [1.807, 2.05) is 36.6 Å². The van der Waals surface area contributed by atoms with Gasteiger partial charge in [-0.25, -0.2) is 0 Å². The monoisotopic (exact) mass is 397 g/mol. The highest BCUT2D eigenvalue weighted by Gasteiger charge is 2.52. The first kappa shape index (κ1) is 18.7. The van der Waals surface area contributed by atoms with Crippen molar-refractivity contribution < 1.29 is 14.4 Å². The number of rotatable bonds is 5. The van der Waals surface area contributed by atoms with Gasteiger partial charge in [0.15, 0.2) is 0 Å². The van der Waals surface area contributed by atoms with Crippen LogP contribution in [0, 0.1) is 0 Å². The van der Waals surface area contributed by atoms with Gasteiger partial charge in [-0.05, 0) is 36.9 Å². The Morgan fingerprint density at radius 3 is 2.75 bits per heavy atom. The van der Waals surface area contributed by atoms with E-state index in [1.165, 1.54) is 0 Å². The summed E-state index contributed by atoms with van der Waals surface area (Å²) in [6.45, 7) is 2.78. The van der Waals surface area contributed by atoms with Gasteiger partial charge in [0.05, 0.1) is 17.8 Å². The zero-order valence-electron chi connectivity index (χ0n) is 16.1. The number of para-hydroxylation sites is 1. The number of benzene rings is 1. The Balaban J connectivity index is 1.53. The predicted molar refractivity (Wildman–Crippen MR) is 108 cm³/mol. The maximum absolute atomic E-state index is 13.2. The fraction of sp³-hybridized carbons (Fsp3) is 0.381. The number of carbonyl (C=O) groups excluding carboxylic acids is 3. The smallest absolute Gasteiger partial charge is 0.257 e. The number of amides is 3. The number of fused-ring (bicyclic) bond motifs is 3. The van der Waals surface area contributed by atoms with Crippen LogP contribution in [-0.4, -0.2) is 46.8 Å². The molecule has 1 aromatic carbocycles. The molecule has 1 saturated heterocycles. The van der Waals surface area contributed by atoms with E-state index in [0.29, 0.717) is 37.2 Å². The fourth-order valence-electron chi connectivity index (χ4n) is 4.16. The second kappa shape index (κ2) is 7.05. The first-order valence-corrected chi connectivity index (χ1v) is 10.3. The van der Waals surface area contributed by atoms with Crippen molar-refractivity contribution in [1.82, 2.24) is 9.80 Å². The van der Waals surface area contributed by atoms with E-state index in [9.17, 15) is 14.4 Å². The molecule has 4 rings (SSSR count). The van der Waals surface area contributed by atoms with Crippen LogP contribution in [-0.2, 0) is 16.1 Å². The summed E-state index contributed by atoms with van der Waals surface area (Å²) >= 11 is 1.62. The van der Waals surface area contributed by atoms with Gasteiger partial charge >= 0.3 is 0 Å². The van der Waals surface area contributed by atoms with E-state index < -0.39 is 5.66 Å². The SMILES string of the molecule is CN(Cc1cccs1)C(=O)CCN1C(=O)c2ccccc2N2C(=O)CCC12C. The largest absolute Gasteiger partial charge is 0.341 e. The summed E-state index contributed by atoms with van der Waals surface area (Å²) in [5.74, 6) is -0.106. The Bertz CT molecular complexity index is 927. The molecule has 1 atom stereocenters. The Morgan fingerprint density at radius 1 is 1.21 bits per heavy atom. The van der Waals surface area contributed by atoms with Gasteiger partial charge in [-0.15, -0.1) is 11.3 Å². The van der Waals surface area contributed by atoms with Gasteiger partial charge in [0.25, 0.3) is 5.91 Å². The van der Waals surface area contributed by atoms with E-state index in [4.69, 9.17) is 0 Å². The van der Waals surface area contributed by atoms with Crippen molar-refractivity contribution in [3.63, 3.8) is 0 Å². The molecule has 6 nitrogen and oxygen atoms in total. The van der Waals surface area contributed by atoms with Crippen LogP contribution in [0.3, 0.4) is 0 Å². The number of thiophene rings is 1. The van der Waals surface area contributed by atoms with Crippen molar-refractivity contribution >= 4 is 34.7 Å². The molecule has 0 N–H and O–H groups in total. The molecule has 3 heterocycles. The maximum Gasteiger partial charge on any atom is 0.257 e. The van der Waals surface area contributed by atoms with Gasteiger partial charge in [0, 0.05) is 31.3 Å². The van der Waals surface area contributed by atoms with Crippen molar-refractivity contribution in [3.05, 3.63) is 52.2 Å². The highest BCUT2D eigenvalue weighted by atomic mass is 32.1. The van der Waals surface area contributed by atoms with Crippen LogP contribution in [0.2, 0.25) is 0 Å². The van der Waals surface area contributed by atoms with Gasteiger partial charge in [-0.3, -0.25) is 19.3 Å². The minimum atomic E-state index is -0.713. The zero-order valence-corrected chi connectivity index (χ0v) is 16.9. The van der Waals surface area contributed by atoms with Crippen LogP contribution in [0.5, 0.6) is 0 Å². The van der Waals surface area contributed by atoms with Crippen molar-refractivity contribution in [2.75, 3.05) is 18.5 Å². The molecular formula is C21H23N3O3S. The fourth-order valence-corrected chi connectivity index (χ4v) is 4.92. The quantitative estimate of drug-likeness (QED) is 0.779. The predicted octanol–water partition coefficient (Wildman–Crippen LogP) is 3.10. The molecule has 2 aliphatic heterocycles. The summed E-state index contributed by atoms with van der Waals surface area (Å²) in [7, 11) is 1.78. The highest BCUT2D eigenvalue weighted by Crippen LogP contribution is 2.43. The molecular weight excluding hydrogens is 374 g/mol. The second-order valence-electron chi connectivity index (χ2n) is 7.50. The van der Waals surface area contributed by atoms with Gasteiger partial charge < -0.3 is 9.80 Å². The molecule has 0 bridgehead atoms. The molecule has 2 aliphatic rings. The van der Waals surface area contributed by atoms with E-state index >= 15 is 0 Å². The highest BCUT2D eigenvalue weighted by molar-refractivity contribution is 7.09. The molecule has 28 heavy (non-hydrogen) atoms. The molecule has 0 radical (unpaired) electrons. The Hall–Kier alpha value is -2.67. The minimum Gasteiger partial charge on any atom is -0.341 e. The van der Waals surface area contributed by atoms with Crippen molar-refractivity contribution in [2.24, 2.45) is 0 Å². The van der Waals surface area contributed by atoms with Crippen LogP contribution in [0.1, 0.15) is 41.4 Å². The summed E-state index contributed by atoms with van der Waals surface area (Å²) in [5, 5.41) is 1.99. The summed E-state index contributed by atoms with van der Waals surface area (Å²) in [4.78, 5) is 44.6. The molecule has 7 heteroatoms. The number of carbonyl (C=O) groups is 3. The van der Waals surface area contributed by atoms with Crippen LogP contribution in [0.15, 0.2) is 41.8 Å². The molecule has 0 saturated carbocycles. The first-order chi connectivity index (χ1) is 13.4. The van der Waals surface area contributed by atoms with Gasteiger partial charge in [-0.2, -0.15) is 0 Å². The number of nitrogens with zero attached hydrogens (tertiary/aromatic N) is 3. The van der Waals surface area contributed by atoms with E-state index in [1.54, 1.807) is 45.2 Å².